The van der Waals surface area contributed by atoms with Crippen LogP contribution in [-0.4, -0.2) is 46.8 Å². The van der Waals surface area contributed by atoms with Gasteiger partial charge in [0, 0.05) is 18.6 Å². The first-order valence-electron chi connectivity index (χ1n) is 6.69. The Balaban J connectivity index is 1.92. The largest absolute Gasteiger partial charge is 0.481 e. The molecule has 4 heteroatoms. The average Bonchev–Trinajstić information content (AvgIpc) is 3.00. The van der Waals surface area contributed by atoms with Crippen molar-refractivity contribution in [2.75, 3.05) is 6.54 Å². The van der Waals surface area contributed by atoms with Gasteiger partial charge in [-0.2, -0.15) is 0 Å². The summed E-state index contributed by atoms with van der Waals surface area (Å²) in [5.41, 5.74) is 0. The normalized spacial score (nSPS) is 33.9. The molecule has 0 aromatic rings. The number of carboxylic acid groups (broad SMARTS) is 1. The monoisotopic (exact) mass is 241 g/mol. The van der Waals surface area contributed by atoms with E-state index in [1.165, 1.54) is 12.8 Å². The van der Waals surface area contributed by atoms with Crippen molar-refractivity contribution >= 4 is 5.97 Å². The lowest BCUT2D eigenvalue weighted by molar-refractivity contribution is -0.137. The fourth-order valence-corrected chi connectivity index (χ4v) is 2.94. The van der Waals surface area contributed by atoms with Crippen LogP contribution in [0.1, 0.15) is 46.0 Å². The Kier molecular flexibility index (Phi) is 4.05. The summed E-state index contributed by atoms with van der Waals surface area (Å²) in [6, 6.07) is 1.15. The summed E-state index contributed by atoms with van der Waals surface area (Å²) in [6.45, 7) is 4.93. The van der Waals surface area contributed by atoms with Crippen LogP contribution in [0, 0.1) is 0 Å². The van der Waals surface area contributed by atoms with E-state index in [9.17, 15) is 4.79 Å². The second-order valence-electron chi connectivity index (χ2n) is 5.50. The Morgan fingerprint density at radius 2 is 1.82 bits per heavy atom. The van der Waals surface area contributed by atoms with Crippen molar-refractivity contribution in [2.24, 2.45) is 0 Å². The van der Waals surface area contributed by atoms with Gasteiger partial charge in [0.05, 0.1) is 18.6 Å². The van der Waals surface area contributed by atoms with Gasteiger partial charge in [-0.05, 0) is 39.5 Å². The summed E-state index contributed by atoms with van der Waals surface area (Å²) in [5, 5.41) is 8.82. The number of carboxylic acids is 1. The molecule has 0 amide bonds. The molecular formula is C13H23NO3. The summed E-state index contributed by atoms with van der Waals surface area (Å²) in [7, 11) is 0. The molecule has 1 aliphatic heterocycles. The maximum atomic E-state index is 10.7. The molecule has 1 heterocycles. The quantitative estimate of drug-likeness (QED) is 0.798. The van der Waals surface area contributed by atoms with Crippen LogP contribution in [0.5, 0.6) is 0 Å². The molecule has 98 valence electrons. The van der Waals surface area contributed by atoms with Crippen LogP contribution in [0.15, 0.2) is 0 Å². The van der Waals surface area contributed by atoms with Crippen molar-refractivity contribution in [1.29, 1.82) is 0 Å². The molecule has 0 radical (unpaired) electrons. The number of rotatable bonds is 5. The number of nitrogens with zero attached hydrogens (tertiary/aromatic N) is 1. The van der Waals surface area contributed by atoms with E-state index in [2.05, 4.69) is 18.7 Å². The summed E-state index contributed by atoms with van der Waals surface area (Å²) >= 11 is 0. The molecule has 1 saturated heterocycles. The topological polar surface area (TPSA) is 49.8 Å². The molecule has 1 N–H and O–H groups in total. The van der Waals surface area contributed by atoms with E-state index in [-0.39, 0.29) is 6.42 Å². The minimum Gasteiger partial charge on any atom is -0.481 e. The second kappa shape index (κ2) is 5.36. The van der Waals surface area contributed by atoms with Crippen molar-refractivity contribution in [3.8, 4) is 0 Å². The highest BCUT2D eigenvalue weighted by Crippen LogP contribution is 2.33. The minimum absolute atomic E-state index is 0.261. The zero-order valence-corrected chi connectivity index (χ0v) is 10.8. The highest BCUT2D eigenvalue weighted by molar-refractivity contribution is 5.66. The van der Waals surface area contributed by atoms with Crippen LogP contribution in [0.4, 0.5) is 0 Å². The third-order valence-electron chi connectivity index (χ3n) is 3.74. The lowest BCUT2D eigenvalue weighted by Crippen LogP contribution is -2.46. The average molecular weight is 241 g/mol. The van der Waals surface area contributed by atoms with E-state index in [1.54, 1.807) is 0 Å². The highest BCUT2D eigenvalue weighted by Gasteiger charge is 2.37. The molecule has 4 nitrogen and oxygen atoms in total. The summed E-state index contributed by atoms with van der Waals surface area (Å²) in [6.07, 6.45) is 5.42. The van der Waals surface area contributed by atoms with E-state index in [0.29, 0.717) is 30.8 Å². The number of hydrogen-bond donors (Lipinski definition) is 1. The van der Waals surface area contributed by atoms with Crippen LogP contribution < -0.4 is 0 Å². The van der Waals surface area contributed by atoms with E-state index < -0.39 is 5.97 Å². The molecule has 2 atom stereocenters. The predicted octanol–water partition coefficient (Wildman–Crippen LogP) is 1.88. The zero-order chi connectivity index (χ0) is 12.4. The summed E-state index contributed by atoms with van der Waals surface area (Å²) < 4.78 is 5.75. The van der Waals surface area contributed by atoms with Crippen molar-refractivity contribution in [3.05, 3.63) is 0 Å². The van der Waals surface area contributed by atoms with Gasteiger partial charge >= 0.3 is 5.97 Å². The van der Waals surface area contributed by atoms with E-state index in [4.69, 9.17) is 9.84 Å². The van der Waals surface area contributed by atoms with Gasteiger partial charge in [-0.3, -0.25) is 9.69 Å². The van der Waals surface area contributed by atoms with E-state index in [1.807, 2.05) is 0 Å². The number of hydrogen-bond acceptors (Lipinski definition) is 3. The summed E-state index contributed by atoms with van der Waals surface area (Å²) in [4.78, 5) is 13.1. The molecule has 0 aromatic carbocycles. The summed E-state index contributed by atoms with van der Waals surface area (Å²) in [5.74, 6) is -0.691. The van der Waals surface area contributed by atoms with Crippen molar-refractivity contribution < 1.29 is 14.6 Å². The van der Waals surface area contributed by atoms with Gasteiger partial charge in [-0.15, -0.1) is 0 Å². The maximum Gasteiger partial charge on any atom is 0.304 e. The molecule has 17 heavy (non-hydrogen) atoms. The third-order valence-corrected chi connectivity index (χ3v) is 3.74. The van der Waals surface area contributed by atoms with Gasteiger partial charge in [-0.1, -0.05) is 0 Å². The molecule has 1 aliphatic carbocycles. The molecule has 2 fully saturated rings. The lowest BCUT2D eigenvalue weighted by Gasteiger charge is -2.39. The first-order chi connectivity index (χ1) is 8.06. The fraction of sp³-hybridized carbons (Fsp3) is 0.923. The first-order valence-corrected chi connectivity index (χ1v) is 6.69. The van der Waals surface area contributed by atoms with Crippen LogP contribution in [0.3, 0.4) is 0 Å². The van der Waals surface area contributed by atoms with E-state index in [0.717, 1.165) is 12.8 Å². The molecule has 2 aliphatic rings. The second-order valence-corrected chi connectivity index (χ2v) is 5.50. The van der Waals surface area contributed by atoms with Crippen molar-refractivity contribution in [2.45, 2.75) is 70.2 Å². The molecule has 0 spiro atoms. The van der Waals surface area contributed by atoms with Gasteiger partial charge in [-0.25, -0.2) is 0 Å². The van der Waals surface area contributed by atoms with Crippen molar-refractivity contribution in [3.63, 3.8) is 0 Å². The molecule has 0 bridgehead atoms. The lowest BCUT2D eigenvalue weighted by atomic mass is 9.98. The van der Waals surface area contributed by atoms with Gasteiger partial charge in [0.25, 0.3) is 0 Å². The molecule has 2 rings (SSSR count). The maximum absolute atomic E-state index is 10.7. The Hall–Kier alpha value is -0.610. The standard InChI is InChI=1S/C13H23NO3/c1-9-7-12(8-10(2)17-9)14(11-3-4-11)6-5-13(15)16/h9-12H,3-8H2,1-2H3,(H,15,16). The smallest absolute Gasteiger partial charge is 0.304 e. The molecule has 0 aromatic heterocycles. The Labute approximate surface area is 103 Å². The van der Waals surface area contributed by atoms with Crippen molar-refractivity contribution in [1.82, 2.24) is 4.90 Å². The fourth-order valence-electron chi connectivity index (χ4n) is 2.94. The number of aliphatic carboxylic acids is 1. The van der Waals surface area contributed by atoms with Crippen LogP contribution >= 0.6 is 0 Å². The minimum atomic E-state index is -0.691. The highest BCUT2D eigenvalue weighted by atomic mass is 16.5. The van der Waals surface area contributed by atoms with Gasteiger partial charge in [0.1, 0.15) is 0 Å². The van der Waals surface area contributed by atoms with Gasteiger partial charge < -0.3 is 9.84 Å². The Morgan fingerprint density at radius 3 is 2.29 bits per heavy atom. The predicted molar refractivity (Wildman–Crippen MR) is 65.0 cm³/mol. The van der Waals surface area contributed by atoms with Crippen LogP contribution in [0.2, 0.25) is 0 Å². The van der Waals surface area contributed by atoms with Crippen LogP contribution in [-0.2, 0) is 9.53 Å². The van der Waals surface area contributed by atoms with Crippen LogP contribution in [0.25, 0.3) is 0 Å². The SMILES string of the molecule is CC1CC(N(CCC(=O)O)C2CC2)CC(C)O1. The van der Waals surface area contributed by atoms with Gasteiger partial charge in [0.2, 0.25) is 0 Å². The molecule has 2 unspecified atom stereocenters. The number of ether oxygens (including phenoxy) is 1. The van der Waals surface area contributed by atoms with Gasteiger partial charge in [0.15, 0.2) is 0 Å². The molecular weight excluding hydrogens is 218 g/mol. The molecule has 1 saturated carbocycles. The third kappa shape index (κ3) is 3.68. The first kappa shape index (κ1) is 12.8. The number of carbonyl (C=O) groups is 1. The zero-order valence-electron chi connectivity index (χ0n) is 10.8. The van der Waals surface area contributed by atoms with E-state index >= 15 is 0 Å². The Morgan fingerprint density at radius 1 is 1.24 bits per heavy atom. The Bertz CT molecular complexity index is 268.